The van der Waals surface area contributed by atoms with Crippen LogP contribution in [0.3, 0.4) is 0 Å². The fraction of sp³-hybridized carbons (Fsp3) is 0.429. The lowest BCUT2D eigenvalue weighted by Gasteiger charge is -2.19. The Kier molecular flexibility index (Phi) is 5.97. The molecule has 4 rings (SSSR count). The molecule has 1 fully saturated rings. The number of nitrogens with one attached hydrogen (secondary N) is 1. The smallest absolute Gasteiger partial charge is 0.235 e. The fourth-order valence-corrected chi connectivity index (χ4v) is 5.52. The van der Waals surface area contributed by atoms with Gasteiger partial charge in [-0.1, -0.05) is 30.7 Å². The number of rotatable bonds is 6. The summed E-state index contributed by atoms with van der Waals surface area (Å²) in [6, 6.07) is 6.61. The summed E-state index contributed by atoms with van der Waals surface area (Å²) < 4.78 is 4.07. The van der Waals surface area contributed by atoms with Crippen LogP contribution in [0.5, 0.6) is 0 Å². The molecule has 0 bridgehead atoms. The molecule has 9 heteroatoms. The van der Waals surface area contributed by atoms with Crippen molar-refractivity contribution in [3.8, 4) is 16.8 Å². The first kappa shape index (κ1) is 20.7. The normalized spacial score (nSPS) is 14.2. The topological polar surface area (TPSA) is 88.5 Å². The molecule has 3 heterocycles. The molecule has 3 aromatic heterocycles. The number of carbonyl (C=O) groups is 1. The van der Waals surface area contributed by atoms with E-state index in [1.807, 2.05) is 43.0 Å². The fourth-order valence-electron chi connectivity index (χ4n) is 4.06. The van der Waals surface area contributed by atoms with E-state index in [4.69, 9.17) is 0 Å². The molecule has 3 aromatic rings. The summed E-state index contributed by atoms with van der Waals surface area (Å²) in [5.74, 6) is 1.49. The molecular formula is C21H24N6OS2. The third-order valence-electron chi connectivity index (χ3n) is 5.73. The molecule has 7 nitrogen and oxygen atoms in total. The van der Waals surface area contributed by atoms with Gasteiger partial charge in [-0.05, 0) is 43.7 Å². The van der Waals surface area contributed by atoms with E-state index < -0.39 is 0 Å². The van der Waals surface area contributed by atoms with Crippen molar-refractivity contribution >= 4 is 34.8 Å². The maximum absolute atomic E-state index is 12.8. The van der Waals surface area contributed by atoms with Crippen molar-refractivity contribution in [1.82, 2.24) is 19.3 Å². The monoisotopic (exact) mass is 440 g/mol. The molecule has 1 amide bonds. The van der Waals surface area contributed by atoms with Gasteiger partial charge in [-0.3, -0.25) is 4.79 Å². The van der Waals surface area contributed by atoms with Gasteiger partial charge in [-0.25, -0.2) is 0 Å². The molecular weight excluding hydrogens is 416 g/mol. The summed E-state index contributed by atoms with van der Waals surface area (Å²) in [5.41, 5.74) is 2.58. The number of thioether (sulfide) groups is 1. The predicted molar refractivity (Wildman–Crippen MR) is 120 cm³/mol. The average molecular weight is 441 g/mol. The number of anilines is 1. The van der Waals surface area contributed by atoms with E-state index in [9.17, 15) is 10.1 Å². The Hall–Kier alpha value is -2.57. The highest BCUT2D eigenvalue weighted by Crippen LogP contribution is 2.37. The van der Waals surface area contributed by atoms with Gasteiger partial charge in [0.05, 0.1) is 16.2 Å². The lowest BCUT2D eigenvalue weighted by atomic mass is 10.2. The summed E-state index contributed by atoms with van der Waals surface area (Å²) in [4.78, 5) is 13.8. The summed E-state index contributed by atoms with van der Waals surface area (Å²) in [7, 11) is 1.90. The lowest BCUT2D eigenvalue weighted by Crippen LogP contribution is -2.20. The van der Waals surface area contributed by atoms with E-state index in [1.165, 1.54) is 24.6 Å². The van der Waals surface area contributed by atoms with Gasteiger partial charge in [0.2, 0.25) is 5.91 Å². The Balaban J connectivity index is 1.50. The number of amides is 1. The molecule has 1 aliphatic carbocycles. The van der Waals surface area contributed by atoms with Crippen LogP contribution >= 0.6 is 23.1 Å². The highest BCUT2D eigenvalue weighted by atomic mass is 32.2. The second-order valence-electron chi connectivity index (χ2n) is 7.53. The SMILES string of the molecule is Cc1c(C#N)c(NC(=O)CSc2nnc(-c3cccs3)n2C)n(C2CCCC2)c1C. The number of nitriles is 1. The zero-order chi connectivity index (χ0) is 21.3. The summed E-state index contributed by atoms with van der Waals surface area (Å²) in [5, 5.41) is 23.9. The molecule has 0 saturated heterocycles. The number of aromatic nitrogens is 4. The van der Waals surface area contributed by atoms with Crippen molar-refractivity contribution in [2.24, 2.45) is 7.05 Å². The lowest BCUT2D eigenvalue weighted by molar-refractivity contribution is -0.113. The van der Waals surface area contributed by atoms with Crippen molar-refractivity contribution in [1.29, 1.82) is 5.26 Å². The highest BCUT2D eigenvalue weighted by Gasteiger charge is 2.26. The number of hydrogen-bond acceptors (Lipinski definition) is 6. The van der Waals surface area contributed by atoms with Crippen molar-refractivity contribution in [3.63, 3.8) is 0 Å². The molecule has 1 aliphatic rings. The van der Waals surface area contributed by atoms with Gasteiger partial charge < -0.3 is 14.5 Å². The molecule has 0 aliphatic heterocycles. The molecule has 0 atom stereocenters. The third kappa shape index (κ3) is 3.77. The Bertz CT molecular complexity index is 1100. The zero-order valence-corrected chi connectivity index (χ0v) is 18.9. The maximum atomic E-state index is 12.8. The van der Waals surface area contributed by atoms with E-state index in [0.29, 0.717) is 22.6 Å². The van der Waals surface area contributed by atoms with Gasteiger partial charge in [0.25, 0.3) is 0 Å². The van der Waals surface area contributed by atoms with Crippen molar-refractivity contribution in [3.05, 3.63) is 34.3 Å². The first-order valence-electron chi connectivity index (χ1n) is 9.98. The summed E-state index contributed by atoms with van der Waals surface area (Å²) in [6.45, 7) is 3.99. The third-order valence-corrected chi connectivity index (χ3v) is 7.61. The van der Waals surface area contributed by atoms with Crippen LogP contribution in [0.1, 0.15) is 48.5 Å². The van der Waals surface area contributed by atoms with Gasteiger partial charge in [0, 0.05) is 18.8 Å². The Morgan fingerprint density at radius 1 is 1.37 bits per heavy atom. The molecule has 30 heavy (non-hydrogen) atoms. The first-order valence-corrected chi connectivity index (χ1v) is 11.8. The minimum absolute atomic E-state index is 0.145. The molecule has 1 N–H and O–H groups in total. The Morgan fingerprint density at radius 2 is 2.13 bits per heavy atom. The average Bonchev–Trinajstić information content (AvgIpc) is 3.51. The van der Waals surface area contributed by atoms with Gasteiger partial charge in [-0.15, -0.1) is 21.5 Å². The van der Waals surface area contributed by atoms with Crippen LogP contribution in [-0.4, -0.2) is 31.0 Å². The largest absolute Gasteiger partial charge is 0.327 e. The van der Waals surface area contributed by atoms with E-state index in [1.54, 1.807) is 11.3 Å². The molecule has 1 saturated carbocycles. The van der Waals surface area contributed by atoms with Gasteiger partial charge in [0.15, 0.2) is 11.0 Å². The van der Waals surface area contributed by atoms with Crippen LogP contribution in [0.2, 0.25) is 0 Å². The molecule has 0 unspecified atom stereocenters. The first-order chi connectivity index (χ1) is 14.5. The number of nitrogens with zero attached hydrogens (tertiary/aromatic N) is 5. The van der Waals surface area contributed by atoms with Crippen LogP contribution < -0.4 is 5.32 Å². The number of thiophene rings is 1. The standard InChI is InChI=1S/C21H24N6OS2/c1-13-14(2)27(15-7-4-5-8-15)19(16(13)11-22)23-18(28)12-30-21-25-24-20(26(21)3)17-9-6-10-29-17/h6,9-10,15H,4-5,7-8,12H2,1-3H3,(H,23,28). The second kappa shape index (κ2) is 8.66. The predicted octanol–water partition coefficient (Wildman–Crippen LogP) is 4.68. The van der Waals surface area contributed by atoms with Gasteiger partial charge >= 0.3 is 0 Å². The van der Waals surface area contributed by atoms with Crippen molar-refractivity contribution in [2.75, 3.05) is 11.1 Å². The van der Waals surface area contributed by atoms with E-state index in [2.05, 4.69) is 26.2 Å². The van der Waals surface area contributed by atoms with Crippen molar-refractivity contribution in [2.45, 2.75) is 50.7 Å². The molecule has 156 valence electrons. The van der Waals surface area contributed by atoms with E-state index in [-0.39, 0.29) is 11.7 Å². The van der Waals surface area contributed by atoms with Gasteiger partial charge in [-0.2, -0.15) is 5.26 Å². The van der Waals surface area contributed by atoms with E-state index >= 15 is 0 Å². The quantitative estimate of drug-likeness (QED) is 0.562. The van der Waals surface area contributed by atoms with E-state index in [0.717, 1.165) is 34.8 Å². The molecule has 0 radical (unpaired) electrons. The molecule has 0 aromatic carbocycles. The van der Waals surface area contributed by atoms with Crippen LogP contribution in [-0.2, 0) is 11.8 Å². The number of hydrogen-bond donors (Lipinski definition) is 1. The minimum atomic E-state index is -0.145. The highest BCUT2D eigenvalue weighted by molar-refractivity contribution is 7.99. The van der Waals surface area contributed by atoms with Crippen LogP contribution in [0.15, 0.2) is 22.7 Å². The summed E-state index contributed by atoms with van der Waals surface area (Å²) in [6.07, 6.45) is 4.54. The number of carbonyl (C=O) groups excluding carboxylic acids is 1. The second-order valence-corrected chi connectivity index (χ2v) is 9.42. The van der Waals surface area contributed by atoms with Crippen molar-refractivity contribution < 1.29 is 4.79 Å². The van der Waals surface area contributed by atoms with Crippen LogP contribution in [0.4, 0.5) is 5.82 Å². The zero-order valence-electron chi connectivity index (χ0n) is 17.3. The molecule has 0 spiro atoms. The van der Waals surface area contributed by atoms with Gasteiger partial charge in [0.1, 0.15) is 11.9 Å². The maximum Gasteiger partial charge on any atom is 0.235 e. The Morgan fingerprint density at radius 3 is 2.80 bits per heavy atom. The van der Waals surface area contributed by atoms with Crippen LogP contribution in [0, 0.1) is 25.2 Å². The minimum Gasteiger partial charge on any atom is -0.327 e. The Labute approximate surface area is 184 Å². The summed E-state index contributed by atoms with van der Waals surface area (Å²) >= 11 is 2.95. The van der Waals surface area contributed by atoms with Crippen LogP contribution in [0.25, 0.3) is 10.7 Å².